The number of pyridine rings is 1. The van der Waals surface area contributed by atoms with Crippen LogP contribution >= 0.6 is 0 Å². The summed E-state index contributed by atoms with van der Waals surface area (Å²) in [5.41, 5.74) is 4.89. The van der Waals surface area contributed by atoms with E-state index in [1.807, 2.05) is 12.3 Å². The summed E-state index contributed by atoms with van der Waals surface area (Å²) in [7, 11) is -1.78. The molecule has 2 atom stereocenters. The molecule has 1 fully saturated rings. The van der Waals surface area contributed by atoms with Gasteiger partial charge in [0.2, 0.25) is 0 Å². The van der Waals surface area contributed by atoms with E-state index in [0.29, 0.717) is 12.0 Å². The van der Waals surface area contributed by atoms with Gasteiger partial charge in [-0.2, -0.15) is 0 Å². The van der Waals surface area contributed by atoms with Gasteiger partial charge in [-0.05, 0) is 60.6 Å². The Bertz CT molecular complexity index is 1020. The van der Waals surface area contributed by atoms with Crippen molar-refractivity contribution >= 4 is 19.2 Å². The highest BCUT2D eigenvalue weighted by molar-refractivity contribution is 6.74. The number of rotatable bonds is 5. The van der Waals surface area contributed by atoms with Gasteiger partial charge in [0.25, 0.3) is 0 Å². The summed E-state index contributed by atoms with van der Waals surface area (Å²) < 4.78 is 6.84. The maximum atomic E-state index is 6.84. The summed E-state index contributed by atoms with van der Waals surface area (Å²) in [6.07, 6.45) is 4.43. The lowest BCUT2D eigenvalue weighted by Gasteiger charge is -2.43. The summed E-state index contributed by atoms with van der Waals surface area (Å²) in [6, 6.07) is 19.6. The van der Waals surface area contributed by atoms with Gasteiger partial charge in [0, 0.05) is 23.7 Å². The van der Waals surface area contributed by atoms with Crippen LogP contribution in [0.2, 0.25) is 18.1 Å². The predicted octanol–water partition coefficient (Wildman–Crippen LogP) is 6.44. The van der Waals surface area contributed by atoms with Gasteiger partial charge in [-0.1, -0.05) is 69.3 Å². The van der Waals surface area contributed by atoms with Gasteiger partial charge in [-0.3, -0.25) is 4.98 Å². The van der Waals surface area contributed by atoms with E-state index in [0.717, 1.165) is 25.0 Å². The summed E-state index contributed by atoms with van der Waals surface area (Å²) in [5, 5.41) is 4.99. The fourth-order valence-corrected chi connectivity index (χ4v) is 5.66. The molecular weight excluding hydrogens is 396 g/mol. The molecule has 0 saturated carbocycles. The largest absolute Gasteiger partial charge is 0.412 e. The van der Waals surface area contributed by atoms with E-state index in [1.165, 1.54) is 28.5 Å². The molecule has 1 aliphatic heterocycles. The zero-order valence-electron chi connectivity index (χ0n) is 19.6. The number of nitrogens with one attached hydrogen (secondary N) is 1. The molecule has 1 aliphatic rings. The Morgan fingerprint density at radius 2 is 1.77 bits per heavy atom. The van der Waals surface area contributed by atoms with Gasteiger partial charge >= 0.3 is 0 Å². The molecule has 2 heterocycles. The van der Waals surface area contributed by atoms with Crippen molar-refractivity contribution in [1.29, 1.82) is 0 Å². The first-order valence-electron chi connectivity index (χ1n) is 11.6. The molecule has 3 aromatic rings. The molecule has 1 saturated heterocycles. The second-order valence-corrected chi connectivity index (χ2v) is 15.2. The zero-order valence-corrected chi connectivity index (χ0v) is 20.6. The number of benzene rings is 2. The zero-order chi connectivity index (χ0) is 22.1. The van der Waals surface area contributed by atoms with Crippen LogP contribution in [0.15, 0.2) is 60.8 Å². The molecule has 0 radical (unpaired) electrons. The predicted molar refractivity (Wildman–Crippen MR) is 134 cm³/mol. The lowest BCUT2D eigenvalue weighted by atomic mass is 9.88. The number of fused-ring (bicyclic) bond motifs is 1. The highest BCUT2D eigenvalue weighted by atomic mass is 28.4. The Balaban J connectivity index is 1.51. The van der Waals surface area contributed by atoms with Gasteiger partial charge in [0.15, 0.2) is 8.32 Å². The van der Waals surface area contributed by atoms with Gasteiger partial charge in [0.05, 0.1) is 11.6 Å². The van der Waals surface area contributed by atoms with E-state index in [-0.39, 0.29) is 5.04 Å². The van der Waals surface area contributed by atoms with Crippen molar-refractivity contribution < 1.29 is 4.43 Å². The fourth-order valence-electron chi connectivity index (χ4n) is 4.27. The first-order valence-corrected chi connectivity index (χ1v) is 14.5. The lowest BCUT2D eigenvalue weighted by molar-refractivity contribution is 0.0908. The summed E-state index contributed by atoms with van der Waals surface area (Å²) in [6.45, 7) is 13.8. The quantitative estimate of drug-likeness (QED) is 0.471. The van der Waals surface area contributed by atoms with Crippen LogP contribution < -0.4 is 5.32 Å². The maximum Gasteiger partial charge on any atom is 0.192 e. The van der Waals surface area contributed by atoms with Crippen LogP contribution in [0, 0.1) is 5.92 Å². The van der Waals surface area contributed by atoms with Gasteiger partial charge in [-0.25, -0.2) is 0 Å². The SMILES string of the molecule is CC(C)(C)[Si](C)(C)OC1CNCCC1Cc1ccc(-c2cccc3cccnc23)cc1. The second kappa shape index (κ2) is 8.85. The van der Waals surface area contributed by atoms with E-state index >= 15 is 0 Å². The Kier molecular flexibility index (Phi) is 6.34. The van der Waals surface area contributed by atoms with Crippen LogP contribution in [0.25, 0.3) is 22.0 Å². The number of piperidine rings is 1. The molecule has 4 rings (SSSR count). The topological polar surface area (TPSA) is 34.1 Å². The summed E-state index contributed by atoms with van der Waals surface area (Å²) in [5.74, 6) is 0.570. The minimum absolute atomic E-state index is 0.239. The van der Waals surface area contributed by atoms with Crippen molar-refractivity contribution in [3.63, 3.8) is 0 Å². The molecule has 2 unspecified atom stereocenters. The Hall–Kier alpha value is -2.01. The van der Waals surface area contributed by atoms with Crippen molar-refractivity contribution in [1.82, 2.24) is 10.3 Å². The average Bonchev–Trinajstić information content (AvgIpc) is 2.74. The maximum absolute atomic E-state index is 6.84. The van der Waals surface area contributed by atoms with Gasteiger partial charge in [-0.15, -0.1) is 0 Å². The third kappa shape index (κ3) is 4.92. The van der Waals surface area contributed by atoms with Crippen LogP contribution in [0.1, 0.15) is 32.8 Å². The summed E-state index contributed by atoms with van der Waals surface area (Å²) >= 11 is 0. The third-order valence-corrected chi connectivity index (χ3v) is 11.7. The number of hydrogen-bond donors (Lipinski definition) is 1. The normalized spacial score (nSPS) is 20.2. The van der Waals surface area contributed by atoms with Crippen molar-refractivity contribution in [3.8, 4) is 11.1 Å². The molecular formula is C27H36N2OSi. The van der Waals surface area contributed by atoms with Crippen molar-refractivity contribution in [3.05, 3.63) is 66.4 Å². The summed E-state index contributed by atoms with van der Waals surface area (Å²) in [4.78, 5) is 4.62. The third-order valence-electron chi connectivity index (χ3n) is 7.21. The number of hydrogen-bond acceptors (Lipinski definition) is 3. The first-order chi connectivity index (χ1) is 14.7. The first kappa shape index (κ1) is 22.2. The van der Waals surface area contributed by atoms with Crippen LogP contribution in [0.3, 0.4) is 0 Å². The molecule has 0 amide bonds. The van der Waals surface area contributed by atoms with E-state index in [1.54, 1.807) is 0 Å². The van der Waals surface area contributed by atoms with Gasteiger partial charge in [0.1, 0.15) is 0 Å². The minimum atomic E-state index is -1.78. The van der Waals surface area contributed by atoms with E-state index < -0.39 is 8.32 Å². The van der Waals surface area contributed by atoms with Crippen molar-refractivity contribution in [2.24, 2.45) is 5.92 Å². The minimum Gasteiger partial charge on any atom is -0.412 e. The van der Waals surface area contributed by atoms with E-state index in [9.17, 15) is 0 Å². The van der Waals surface area contributed by atoms with Crippen molar-refractivity contribution in [2.45, 2.75) is 57.8 Å². The molecule has 0 aliphatic carbocycles. The molecule has 164 valence electrons. The molecule has 2 aromatic carbocycles. The molecule has 31 heavy (non-hydrogen) atoms. The van der Waals surface area contributed by atoms with E-state index in [2.05, 4.69) is 92.7 Å². The molecule has 1 aromatic heterocycles. The molecule has 4 heteroatoms. The average molecular weight is 433 g/mol. The van der Waals surface area contributed by atoms with Gasteiger partial charge < -0.3 is 9.74 Å². The number of para-hydroxylation sites is 1. The highest BCUT2D eigenvalue weighted by Crippen LogP contribution is 2.39. The Morgan fingerprint density at radius 3 is 2.52 bits per heavy atom. The monoisotopic (exact) mass is 432 g/mol. The van der Waals surface area contributed by atoms with Crippen LogP contribution in [0.4, 0.5) is 0 Å². The smallest absolute Gasteiger partial charge is 0.192 e. The fraction of sp³-hybridized carbons (Fsp3) is 0.444. The Morgan fingerprint density at radius 1 is 1.03 bits per heavy atom. The molecule has 3 nitrogen and oxygen atoms in total. The Labute approximate surface area is 188 Å². The highest BCUT2D eigenvalue weighted by Gasteiger charge is 2.41. The van der Waals surface area contributed by atoms with Crippen LogP contribution in [0.5, 0.6) is 0 Å². The number of nitrogens with zero attached hydrogens (tertiary/aromatic N) is 1. The van der Waals surface area contributed by atoms with Crippen LogP contribution in [-0.2, 0) is 10.8 Å². The standard InChI is InChI=1S/C27H36N2OSi/c1-27(2,3)31(4,5)30-25-19-28-17-15-23(25)18-20-11-13-21(14-12-20)24-10-6-8-22-9-7-16-29-26(22)24/h6-14,16,23,25,28H,15,17-19H2,1-5H3. The number of aromatic nitrogens is 1. The molecule has 0 spiro atoms. The molecule has 0 bridgehead atoms. The lowest BCUT2D eigenvalue weighted by Crippen LogP contribution is -2.51. The molecule has 1 N–H and O–H groups in total. The van der Waals surface area contributed by atoms with E-state index in [4.69, 9.17) is 4.43 Å². The second-order valence-electron chi connectivity index (χ2n) is 10.5. The van der Waals surface area contributed by atoms with Crippen LogP contribution in [-0.4, -0.2) is 32.5 Å². The van der Waals surface area contributed by atoms with Crippen molar-refractivity contribution in [2.75, 3.05) is 13.1 Å².